The average Bonchev–Trinajstić information content (AvgIpc) is 2.93. The minimum Gasteiger partial charge on any atom is -0.487 e. The van der Waals surface area contributed by atoms with Crippen molar-refractivity contribution in [1.29, 1.82) is 0 Å². The molecule has 2 aliphatic rings. The van der Waals surface area contributed by atoms with Crippen molar-refractivity contribution < 1.29 is 18.7 Å². The van der Waals surface area contributed by atoms with E-state index in [1.165, 1.54) is 38.2 Å². The third kappa shape index (κ3) is 3.42. The first kappa shape index (κ1) is 21.3. The van der Waals surface area contributed by atoms with Crippen LogP contribution in [0.5, 0.6) is 11.5 Å². The molecule has 1 saturated carbocycles. The number of esters is 1. The second kappa shape index (κ2) is 7.32. The van der Waals surface area contributed by atoms with E-state index in [4.69, 9.17) is 13.9 Å². The van der Waals surface area contributed by atoms with E-state index in [1.807, 2.05) is 26.0 Å². The summed E-state index contributed by atoms with van der Waals surface area (Å²) in [6.45, 7) is 15.0. The molecule has 3 atom stereocenters. The topological polar surface area (TPSA) is 48.7 Å². The van der Waals surface area contributed by atoms with Crippen molar-refractivity contribution >= 4 is 16.9 Å². The maximum atomic E-state index is 11.8. The van der Waals surface area contributed by atoms with Crippen molar-refractivity contribution in [3.05, 3.63) is 23.5 Å². The summed E-state index contributed by atoms with van der Waals surface area (Å²) in [7, 11) is 0. The highest BCUT2D eigenvalue weighted by Gasteiger charge is 2.51. The number of hydrogen-bond donors (Lipinski definition) is 0. The molecule has 1 heterocycles. The molecule has 0 amide bonds. The molecule has 2 aromatic rings. The molecule has 0 spiro atoms. The van der Waals surface area contributed by atoms with E-state index < -0.39 is 0 Å². The number of ether oxygens (including phenoxy) is 2. The largest absolute Gasteiger partial charge is 0.487 e. The molecule has 0 N–H and O–H groups in total. The molecule has 1 unspecified atom stereocenters. The van der Waals surface area contributed by atoms with Gasteiger partial charge in [0.05, 0.1) is 6.10 Å². The summed E-state index contributed by atoms with van der Waals surface area (Å²) >= 11 is 0. The van der Waals surface area contributed by atoms with Gasteiger partial charge in [-0.3, -0.25) is 4.79 Å². The molecular weight excluding hydrogens is 376 g/mol. The van der Waals surface area contributed by atoms with Gasteiger partial charge in [-0.2, -0.15) is 0 Å². The van der Waals surface area contributed by atoms with Gasteiger partial charge < -0.3 is 13.9 Å². The molecule has 1 aromatic carbocycles. The molecule has 164 valence electrons. The Morgan fingerprint density at radius 3 is 2.53 bits per heavy atom. The minimum absolute atomic E-state index is 0.0236. The van der Waals surface area contributed by atoms with Crippen LogP contribution in [-0.2, 0) is 10.2 Å². The van der Waals surface area contributed by atoms with E-state index in [2.05, 4.69) is 27.7 Å². The Morgan fingerprint density at radius 1 is 1.13 bits per heavy atom. The summed E-state index contributed by atoms with van der Waals surface area (Å²) in [5.41, 5.74) is 2.53. The van der Waals surface area contributed by atoms with Crippen molar-refractivity contribution in [2.75, 3.05) is 0 Å². The number of furan rings is 1. The predicted molar refractivity (Wildman–Crippen MR) is 119 cm³/mol. The van der Waals surface area contributed by atoms with E-state index in [0.717, 1.165) is 23.2 Å². The SMILES string of the molecule is CC(=O)Oc1cc2c3c(oc2cc1OC(C)C)C(C)CC[C@H]1C(C)(C)CCC[C@]31C. The van der Waals surface area contributed by atoms with Crippen LogP contribution in [0.1, 0.15) is 97.8 Å². The van der Waals surface area contributed by atoms with E-state index >= 15 is 0 Å². The lowest BCUT2D eigenvalue weighted by atomic mass is 9.53. The van der Waals surface area contributed by atoms with Crippen LogP contribution < -0.4 is 9.47 Å². The van der Waals surface area contributed by atoms with Crippen LogP contribution in [0.2, 0.25) is 0 Å². The second-order valence-corrected chi connectivity index (χ2v) is 10.7. The molecule has 0 bridgehead atoms. The molecule has 4 nitrogen and oxygen atoms in total. The lowest BCUT2D eigenvalue weighted by molar-refractivity contribution is -0.132. The molecule has 0 aliphatic heterocycles. The molecule has 1 fully saturated rings. The summed E-state index contributed by atoms with van der Waals surface area (Å²) in [6.07, 6.45) is 6.01. The zero-order valence-electron chi connectivity index (χ0n) is 19.6. The Kier molecular flexibility index (Phi) is 5.19. The van der Waals surface area contributed by atoms with E-state index in [1.54, 1.807) is 0 Å². The standard InChI is InChI=1S/C26H36O4/c1-15(2)28-21-14-19-18(13-20(21)29-17(4)27)23-24(30-19)16(3)9-10-22-25(5,6)11-8-12-26(22,23)7/h13-16,22H,8-12H2,1-7H3/t16?,22-,26-/m0/s1. The number of hydrogen-bond acceptors (Lipinski definition) is 4. The lowest BCUT2D eigenvalue weighted by Crippen LogP contribution is -2.44. The van der Waals surface area contributed by atoms with Crippen LogP contribution >= 0.6 is 0 Å². The molecular formula is C26H36O4. The van der Waals surface area contributed by atoms with Crippen molar-refractivity contribution in [1.82, 2.24) is 0 Å². The average molecular weight is 413 g/mol. The summed E-state index contributed by atoms with van der Waals surface area (Å²) in [4.78, 5) is 11.8. The van der Waals surface area contributed by atoms with Crippen molar-refractivity contribution in [3.8, 4) is 11.5 Å². The fraction of sp³-hybridized carbons (Fsp3) is 0.654. The molecule has 1 aromatic heterocycles. The highest BCUT2D eigenvalue weighted by molar-refractivity contribution is 5.88. The molecule has 0 saturated heterocycles. The normalized spacial score (nSPS) is 28.0. The highest BCUT2D eigenvalue weighted by Crippen LogP contribution is 2.60. The fourth-order valence-electron chi connectivity index (χ4n) is 6.32. The molecule has 4 heteroatoms. The smallest absolute Gasteiger partial charge is 0.308 e. The van der Waals surface area contributed by atoms with Crippen molar-refractivity contribution in [2.45, 2.75) is 98.0 Å². The Bertz CT molecular complexity index is 967. The second-order valence-electron chi connectivity index (χ2n) is 10.7. The van der Waals surface area contributed by atoms with E-state index in [0.29, 0.717) is 28.7 Å². The Balaban J connectivity index is 1.97. The van der Waals surface area contributed by atoms with Crippen molar-refractivity contribution in [2.24, 2.45) is 11.3 Å². The number of fused-ring (bicyclic) bond motifs is 5. The number of rotatable bonds is 3. The first-order valence-corrected chi connectivity index (χ1v) is 11.5. The van der Waals surface area contributed by atoms with Crippen LogP contribution in [0.4, 0.5) is 0 Å². The Labute approximate surface area is 180 Å². The third-order valence-corrected chi connectivity index (χ3v) is 7.53. The van der Waals surface area contributed by atoms with Crippen LogP contribution in [0.25, 0.3) is 11.0 Å². The van der Waals surface area contributed by atoms with Crippen LogP contribution in [-0.4, -0.2) is 12.1 Å². The number of carbonyl (C=O) groups excluding carboxylic acids is 1. The monoisotopic (exact) mass is 412 g/mol. The molecule has 30 heavy (non-hydrogen) atoms. The van der Waals surface area contributed by atoms with Crippen molar-refractivity contribution in [3.63, 3.8) is 0 Å². The summed E-state index contributed by atoms with van der Waals surface area (Å²) < 4.78 is 18.1. The maximum Gasteiger partial charge on any atom is 0.308 e. The van der Waals surface area contributed by atoms with Crippen LogP contribution in [0.15, 0.2) is 16.5 Å². The number of benzene rings is 1. The van der Waals surface area contributed by atoms with E-state index in [9.17, 15) is 4.79 Å². The van der Waals surface area contributed by atoms with Gasteiger partial charge in [-0.15, -0.1) is 0 Å². The Morgan fingerprint density at radius 2 is 1.87 bits per heavy atom. The summed E-state index contributed by atoms with van der Waals surface area (Å²) in [6, 6.07) is 3.90. The van der Waals surface area contributed by atoms with Gasteiger partial charge in [0.2, 0.25) is 0 Å². The molecule has 0 radical (unpaired) electrons. The van der Waals surface area contributed by atoms with Gasteiger partial charge in [-0.1, -0.05) is 34.1 Å². The van der Waals surface area contributed by atoms with Gasteiger partial charge in [-0.05, 0) is 62.3 Å². The number of carbonyl (C=O) groups is 1. The van der Waals surface area contributed by atoms with Gasteiger partial charge in [0.15, 0.2) is 11.5 Å². The van der Waals surface area contributed by atoms with Gasteiger partial charge in [-0.25, -0.2) is 0 Å². The first-order valence-electron chi connectivity index (χ1n) is 11.5. The van der Waals surface area contributed by atoms with E-state index in [-0.39, 0.29) is 17.5 Å². The molecule has 2 aliphatic carbocycles. The summed E-state index contributed by atoms with van der Waals surface area (Å²) in [5, 5.41) is 1.08. The van der Waals surface area contributed by atoms with Gasteiger partial charge in [0.25, 0.3) is 0 Å². The van der Waals surface area contributed by atoms with Gasteiger partial charge in [0.1, 0.15) is 11.3 Å². The minimum atomic E-state index is -0.339. The predicted octanol–water partition coefficient (Wildman–Crippen LogP) is 7.13. The first-order chi connectivity index (χ1) is 14.0. The third-order valence-electron chi connectivity index (χ3n) is 7.53. The molecule has 4 rings (SSSR count). The Hall–Kier alpha value is -1.97. The quantitative estimate of drug-likeness (QED) is 0.397. The highest BCUT2D eigenvalue weighted by atomic mass is 16.6. The fourth-order valence-corrected chi connectivity index (χ4v) is 6.32. The maximum absolute atomic E-state index is 11.8. The van der Waals surface area contributed by atoms with Gasteiger partial charge >= 0.3 is 5.97 Å². The zero-order chi connectivity index (χ0) is 21.8. The van der Waals surface area contributed by atoms with Gasteiger partial charge in [0, 0.05) is 29.9 Å². The van der Waals surface area contributed by atoms with Crippen LogP contribution in [0.3, 0.4) is 0 Å². The zero-order valence-corrected chi connectivity index (χ0v) is 19.6. The van der Waals surface area contributed by atoms with Crippen LogP contribution in [0, 0.1) is 11.3 Å². The lowest BCUT2D eigenvalue weighted by Gasteiger charge is -2.50. The summed E-state index contributed by atoms with van der Waals surface area (Å²) in [5.74, 6) is 2.80.